The number of nitrogens with zero attached hydrogens (tertiary/aromatic N) is 1. The van der Waals surface area contributed by atoms with E-state index in [2.05, 4.69) is 48.1 Å². The van der Waals surface area contributed by atoms with E-state index in [9.17, 15) is 5.11 Å². The Kier molecular flexibility index (Phi) is 3.23. The number of anilines is 1. The van der Waals surface area contributed by atoms with Gasteiger partial charge in [-0.25, -0.2) is 0 Å². The molecule has 0 saturated heterocycles. The van der Waals surface area contributed by atoms with Gasteiger partial charge >= 0.3 is 0 Å². The third-order valence-corrected chi connectivity index (χ3v) is 4.43. The molecular formula is C16H22N2O. The molecule has 19 heavy (non-hydrogen) atoms. The average molecular weight is 258 g/mol. The molecule has 0 radical (unpaired) electrons. The number of nitrogens with one attached hydrogen (secondary N) is 1. The van der Waals surface area contributed by atoms with Gasteiger partial charge in [0.1, 0.15) is 0 Å². The summed E-state index contributed by atoms with van der Waals surface area (Å²) in [5.41, 5.74) is 3.75. The van der Waals surface area contributed by atoms with Gasteiger partial charge < -0.3 is 15.0 Å². The number of hydrogen-bond acceptors (Lipinski definition) is 2. The molecule has 1 saturated carbocycles. The predicted molar refractivity (Wildman–Crippen MR) is 79.7 cm³/mol. The average Bonchev–Trinajstić information content (AvgIpc) is 2.74. The van der Waals surface area contributed by atoms with Crippen molar-refractivity contribution in [1.82, 2.24) is 4.98 Å². The molecule has 0 unspecified atom stereocenters. The van der Waals surface area contributed by atoms with E-state index >= 15 is 0 Å². The van der Waals surface area contributed by atoms with E-state index in [-0.39, 0.29) is 6.10 Å². The lowest BCUT2D eigenvalue weighted by Gasteiger charge is -2.34. The second-order valence-corrected chi connectivity index (χ2v) is 5.72. The van der Waals surface area contributed by atoms with Gasteiger partial charge in [-0.1, -0.05) is 18.2 Å². The molecule has 0 aliphatic heterocycles. The largest absolute Gasteiger partial charge is 0.393 e. The fraction of sp³-hybridized carbons (Fsp3) is 0.500. The van der Waals surface area contributed by atoms with Crippen LogP contribution < -0.4 is 4.90 Å². The zero-order valence-corrected chi connectivity index (χ0v) is 11.7. The molecule has 3 nitrogen and oxygen atoms in total. The van der Waals surface area contributed by atoms with E-state index in [0.717, 1.165) is 25.7 Å². The number of aryl methyl sites for hydroxylation is 1. The Morgan fingerprint density at radius 1 is 1.16 bits per heavy atom. The molecule has 2 aromatic rings. The summed E-state index contributed by atoms with van der Waals surface area (Å²) in [4.78, 5) is 5.87. The van der Waals surface area contributed by atoms with Crippen molar-refractivity contribution in [2.75, 3.05) is 11.9 Å². The van der Waals surface area contributed by atoms with Crippen LogP contribution in [-0.4, -0.2) is 29.3 Å². The highest BCUT2D eigenvalue weighted by Crippen LogP contribution is 2.34. The number of para-hydroxylation sites is 1. The fourth-order valence-electron chi connectivity index (χ4n) is 3.34. The molecule has 1 aliphatic rings. The molecule has 0 atom stereocenters. The maximum absolute atomic E-state index is 9.64. The van der Waals surface area contributed by atoms with Crippen LogP contribution in [0.4, 0.5) is 5.69 Å². The van der Waals surface area contributed by atoms with E-state index in [1.165, 1.54) is 22.3 Å². The van der Waals surface area contributed by atoms with Gasteiger partial charge in [0.2, 0.25) is 0 Å². The predicted octanol–water partition coefficient (Wildman–Crippen LogP) is 3.22. The van der Waals surface area contributed by atoms with Gasteiger partial charge in [-0.3, -0.25) is 0 Å². The summed E-state index contributed by atoms with van der Waals surface area (Å²) in [5.74, 6) is 0. The lowest BCUT2D eigenvalue weighted by Crippen LogP contribution is -2.36. The molecule has 0 amide bonds. The van der Waals surface area contributed by atoms with Crippen LogP contribution in [0.15, 0.2) is 24.3 Å². The molecule has 2 N–H and O–H groups in total. The summed E-state index contributed by atoms with van der Waals surface area (Å²) in [6, 6.07) is 9.02. The van der Waals surface area contributed by atoms with Crippen LogP contribution in [-0.2, 0) is 0 Å². The van der Waals surface area contributed by atoms with Gasteiger partial charge in [0.25, 0.3) is 0 Å². The molecule has 3 rings (SSSR count). The SMILES string of the molecule is Cc1[nH]c2ccccc2c1N(C)C1CCC(O)CC1. The van der Waals surface area contributed by atoms with Crippen LogP contribution in [0.2, 0.25) is 0 Å². The normalized spacial score (nSPS) is 23.7. The topological polar surface area (TPSA) is 39.3 Å². The van der Waals surface area contributed by atoms with Crippen molar-refractivity contribution in [3.8, 4) is 0 Å². The Morgan fingerprint density at radius 3 is 2.58 bits per heavy atom. The maximum Gasteiger partial charge on any atom is 0.0654 e. The summed E-state index contributed by atoms with van der Waals surface area (Å²) >= 11 is 0. The molecule has 3 heteroatoms. The van der Waals surface area contributed by atoms with E-state index in [1.807, 2.05) is 0 Å². The Labute approximate surface area is 114 Å². The van der Waals surface area contributed by atoms with Crippen molar-refractivity contribution in [2.45, 2.75) is 44.8 Å². The quantitative estimate of drug-likeness (QED) is 0.868. The number of fused-ring (bicyclic) bond motifs is 1. The third kappa shape index (κ3) is 2.23. The molecule has 1 aliphatic carbocycles. The molecular weight excluding hydrogens is 236 g/mol. The second-order valence-electron chi connectivity index (χ2n) is 5.72. The monoisotopic (exact) mass is 258 g/mol. The first kappa shape index (κ1) is 12.5. The number of aromatic amines is 1. The lowest BCUT2D eigenvalue weighted by molar-refractivity contribution is 0.122. The van der Waals surface area contributed by atoms with Crippen molar-refractivity contribution in [1.29, 1.82) is 0 Å². The van der Waals surface area contributed by atoms with Crippen molar-refractivity contribution < 1.29 is 5.11 Å². The number of aliphatic hydroxyl groups is 1. The minimum atomic E-state index is -0.0892. The fourth-order valence-corrected chi connectivity index (χ4v) is 3.34. The second kappa shape index (κ2) is 4.89. The van der Waals surface area contributed by atoms with Gasteiger partial charge in [0.05, 0.1) is 11.8 Å². The van der Waals surface area contributed by atoms with Crippen LogP contribution in [0.5, 0.6) is 0 Å². The standard InChI is InChI=1S/C16H22N2O/c1-11-16(14-5-3-4-6-15(14)17-11)18(2)12-7-9-13(19)10-8-12/h3-6,12-13,17,19H,7-10H2,1-2H3. The van der Waals surface area contributed by atoms with Gasteiger partial charge in [0, 0.05) is 29.7 Å². The van der Waals surface area contributed by atoms with E-state index in [1.54, 1.807) is 0 Å². The number of benzene rings is 1. The minimum Gasteiger partial charge on any atom is -0.393 e. The summed E-state index contributed by atoms with van der Waals surface area (Å²) in [7, 11) is 2.19. The van der Waals surface area contributed by atoms with Gasteiger partial charge in [-0.15, -0.1) is 0 Å². The Bertz CT molecular complexity index is 567. The Hall–Kier alpha value is -1.48. The summed E-state index contributed by atoms with van der Waals surface area (Å²) in [5, 5.41) is 10.9. The molecule has 1 aromatic heterocycles. The van der Waals surface area contributed by atoms with Crippen molar-refractivity contribution >= 4 is 16.6 Å². The molecule has 1 heterocycles. The lowest BCUT2D eigenvalue weighted by atomic mass is 9.92. The van der Waals surface area contributed by atoms with Crippen molar-refractivity contribution in [2.24, 2.45) is 0 Å². The van der Waals surface area contributed by atoms with E-state index < -0.39 is 0 Å². The maximum atomic E-state index is 9.64. The smallest absolute Gasteiger partial charge is 0.0654 e. The van der Waals surface area contributed by atoms with E-state index in [0.29, 0.717) is 6.04 Å². The Morgan fingerprint density at radius 2 is 1.84 bits per heavy atom. The zero-order valence-electron chi connectivity index (χ0n) is 11.7. The highest BCUT2D eigenvalue weighted by molar-refractivity contribution is 5.94. The van der Waals surface area contributed by atoms with Gasteiger partial charge in [-0.2, -0.15) is 0 Å². The Balaban J connectivity index is 1.93. The highest BCUT2D eigenvalue weighted by atomic mass is 16.3. The van der Waals surface area contributed by atoms with Gasteiger partial charge in [0.15, 0.2) is 0 Å². The number of aliphatic hydroxyl groups excluding tert-OH is 1. The van der Waals surface area contributed by atoms with Crippen LogP contribution in [0, 0.1) is 6.92 Å². The molecule has 1 fully saturated rings. The third-order valence-electron chi connectivity index (χ3n) is 4.43. The first-order chi connectivity index (χ1) is 9.16. The van der Waals surface area contributed by atoms with Crippen LogP contribution in [0.3, 0.4) is 0 Å². The van der Waals surface area contributed by atoms with Crippen molar-refractivity contribution in [3.05, 3.63) is 30.0 Å². The van der Waals surface area contributed by atoms with E-state index in [4.69, 9.17) is 0 Å². The zero-order chi connectivity index (χ0) is 13.4. The first-order valence-corrected chi connectivity index (χ1v) is 7.15. The molecule has 1 aromatic carbocycles. The number of H-pyrrole nitrogens is 1. The summed E-state index contributed by atoms with van der Waals surface area (Å²) in [6.45, 7) is 2.14. The van der Waals surface area contributed by atoms with Gasteiger partial charge in [-0.05, 0) is 38.7 Å². The molecule has 102 valence electrons. The molecule has 0 spiro atoms. The molecule has 0 bridgehead atoms. The van der Waals surface area contributed by atoms with Crippen LogP contribution in [0.1, 0.15) is 31.4 Å². The first-order valence-electron chi connectivity index (χ1n) is 7.15. The number of hydrogen-bond donors (Lipinski definition) is 2. The van der Waals surface area contributed by atoms with Crippen LogP contribution >= 0.6 is 0 Å². The number of aromatic nitrogens is 1. The number of rotatable bonds is 2. The highest BCUT2D eigenvalue weighted by Gasteiger charge is 2.25. The summed E-state index contributed by atoms with van der Waals surface area (Å²) < 4.78 is 0. The van der Waals surface area contributed by atoms with Crippen LogP contribution in [0.25, 0.3) is 10.9 Å². The van der Waals surface area contributed by atoms with Crippen molar-refractivity contribution in [3.63, 3.8) is 0 Å². The minimum absolute atomic E-state index is 0.0892. The summed E-state index contributed by atoms with van der Waals surface area (Å²) in [6.07, 6.45) is 3.92.